The molecule has 3 unspecified atom stereocenters. The quantitative estimate of drug-likeness (QED) is 0.830. The topological polar surface area (TPSA) is 29.1 Å². The van der Waals surface area contributed by atoms with E-state index in [9.17, 15) is 4.79 Å². The summed E-state index contributed by atoms with van der Waals surface area (Å²) in [4.78, 5) is 12.1. The van der Waals surface area contributed by atoms with E-state index in [1.807, 2.05) is 31.2 Å². The van der Waals surface area contributed by atoms with Crippen LogP contribution in [0.15, 0.2) is 24.3 Å². The summed E-state index contributed by atoms with van der Waals surface area (Å²) >= 11 is 0. The van der Waals surface area contributed by atoms with Crippen molar-refractivity contribution in [1.29, 1.82) is 0 Å². The molecule has 2 aliphatic rings. The number of carbonyl (C=O) groups is 1. The minimum absolute atomic E-state index is 0.103. The van der Waals surface area contributed by atoms with E-state index in [-0.39, 0.29) is 5.91 Å². The normalized spacial score (nSPS) is 30.5. The summed E-state index contributed by atoms with van der Waals surface area (Å²) in [6, 6.07) is 8.26. The Balaban J connectivity index is 1.68. The van der Waals surface area contributed by atoms with E-state index in [0.717, 1.165) is 23.0 Å². The van der Waals surface area contributed by atoms with Crippen molar-refractivity contribution in [1.82, 2.24) is 5.32 Å². The van der Waals surface area contributed by atoms with Gasteiger partial charge < -0.3 is 5.32 Å². The van der Waals surface area contributed by atoms with E-state index in [4.69, 9.17) is 0 Å². The standard InChI is InChI=1S/C15H19NO/c1-10-3-2-4-13(7-10)15(17)16-14-9-11-5-6-12(14)8-11/h2-4,7,11-12,14H,5-6,8-9H2,1H3,(H,16,17). The van der Waals surface area contributed by atoms with Gasteiger partial charge in [-0.25, -0.2) is 0 Å². The first-order valence-electron chi connectivity index (χ1n) is 6.60. The smallest absolute Gasteiger partial charge is 0.251 e. The molecule has 2 fully saturated rings. The zero-order valence-electron chi connectivity index (χ0n) is 10.3. The molecule has 0 aromatic heterocycles. The van der Waals surface area contributed by atoms with Gasteiger partial charge in [0.2, 0.25) is 0 Å². The van der Waals surface area contributed by atoms with Crippen LogP contribution in [0.4, 0.5) is 0 Å². The molecule has 0 aliphatic heterocycles. The number of fused-ring (bicyclic) bond motifs is 2. The van der Waals surface area contributed by atoms with Crippen LogP contribution in [0, 0.1) is 18.8 Å². The summed E-state index contributed by atoms with van der Waals surface area (Å²) in [7, 11) is 0. The third-order valence-electron chi connectivity index (χ3n) is 4.33. The molecule has 1 aromatic rings. The fraction of sp³-hybridized carbons (Fsp3) is 0.533. The number of benzene rings is 1. The van der Waals surface area contributed by atoms with Crippen LogP contribution in [0.5, 0.6) is 0 Å². The molecule has 1 amide bonds. The number of aryl methyl sites for hydroxylation is 1. The van der Waals surface area contributed by atoms with Crippen molar-refractivity contribution in [2.24, 2.45) is 11.8 Å². The fourth-order valence-corrected chi connectivity index (χ4v) is 3.46. The van der Waals surface area contributed by atoms with Crippen molar-refractivity contribution in [3.8, 4) is 0 Å². The van der Waals surface area contributed by atoms with Gasteiger partial charge in [-0.2, -0.15) is 0 Å². The predicted octanol–water partition coefficient (Wildman–Crippen LogP) is 2.91. The molecule has 2 nitrogen and oxygen atoms in total. The molecule has 2 bridgehead atoms. The summed E-state index contributed by atoms with van der Waals surface area (Å²) in [5.74, 6) is 1.72. The first kappa shape index (κ1) is 10.8. The van der Waals surface area contributed by atoms with Gasteiger partial charge in [-0.3, -0.25) is 4.79 Å². The van der Waals surface area contributed by atoms with Gasteiger partial charge in [0.25, 0.3) is 5.91 Å². The predicted molar refractivity (Wildman–Crippen MR) is 67.9 cm³/mol. The molecule has 17 heavy (non-hydrogen) atoms. The molecule has 1 aromatic carbocycles. The van der Waals surface area contributed by atoms with E-state index in [1.54, 1.807) is 0 Å². The van der Waals surface area contributed by atoms with Gasteiger partial charge in [0, 0.05) is 11.6 Å². The lowest BCUT2D eigenvalue weighted by Gasteiger charge is -2.22. The van der Waals surface area contributed by atoms with Crippen molar-refractivity contribution in [3.05, 3.63) is 35.4 Å². The lowest BCUT2D eigenvalue weighted by Crippen LogP contribution is -2.38. The maximum atomic E-state index is 12.1. The minimum Gasteiger partial charge on any atom is -0.349 e. The average molecular weight is 229 g/mol. The maximum Gasteiger partial charge on any atom is 0.251 e. The Kier molecular flexibility index (Phi) is 2.65. The van der Waals surface area contributed by atoms with Crippen LogP contribution in [0.2, 0.25) is 0 Å². The Morgan fingerprint density at radius 1 is 1.29 bits per heavy atom. The highest BCUT2D eigenvalue weighted by atomic mass is 16.1. The van der Waals surface area contributed by atoms with Crippen LogP contribution >= 0.6 is 0 Å². The highest BCUT2D eigenvalue weighted by molar-refractivity contribution is 5.94. The molecule has 3 atom stereocenters. The number of carbonyl (C=O) groups excluding carboxylic acids is 1. The lowest BCUT2D eigenvalue weighted by atomic mass is 9.95. The van der Waals surface area contributed by atoms with Gasteiger partial charge >= 0.3 is 0 Å². The Bertz CT molecular complexity index is 440. The minimum atomic E-state index is 0.103. The SMILES string of the molecule is Cc1cccc(C(=O)NC2CC3CCC2C3)c1. The van der Waals surface area contributed by atoms with Gasteiger partial charge in [0.15, 0.2) is 0 Å². The molecule has 90 valence electrons. The molecule has 2 heteroatoms. The first-order chi connectivity index (χ1) is 8.22. The summed E-state index contributed by atoms with van der Waals surface area (Å²) in [5, 5.41) is 3.21. The van der Waals surface area contributed by atoms with E-state index in [2.05, 4.69) is 5.32 Å². The summed E-state index contributed by atoms with van der Waals surface area (Å²) in [5.41, 5.74) is 1.94. The summed E-state index contributed by atoms with van der Waals surface area (Å²) < 4.78 is 0. The van der Waals surface area contributed by atoms with Gasteiger partial charge in [-0.15, -0.1) is 0 Å². The number of nitrogens with one attached hydrogen (secondary N) is 1. The lowest BCUT2D eigenvalue weighted by molar-refractivity contribution is 0.0923. The number of amides is 1. The molecule has 0 spiro atoms. The van der Waals surface area contributed by atoms with Crippen molar-refractivity contribution < 1.29 is 4.79 Å². The van der Waals surface area contributed by atoms with Crippen LogP contribution in [0.3, 0.4) is 0 Å². The van der Waals surface area contributed by atoms with E-state index in [0.29, 0.717) is 6.04 Å². The molecule has 3 rings (SSSR count). The van der Waals surface area contributed by atoms with Crippen LogP contribution in [-0.2, 0) is 0 Å². The van der Waals surface area contributed by atoms with Crippen LogP contribution in [-0.4, -0.2) is 11.9 Å². The molecule has 2 aliphatic carbocycles. The van der Waals surface area contributed by atoms with Gasteiger partial charge in [-0.1, -0.05) is 24.1 Å². The van der Waals surface area contributed by atoms with Gasteiger partial charge in [0.1, 0.15) is 0 Å². The third kappa shape index (κ3) is 2.08. The van der Waals surface area contributed by atoms with Crippen molar-refractivity contribution in [2.45, 2.75) is 38.6 Å². The Morgan fingerprint density at radius 3 is 2.82 bits per heavy atom. The Hall–Kier alpha value is -1.31. The van der Waals surface area contributed by atoms with Crippen molar-refractivity contribution >= 4 is 5.91 Å². The van der Waals surface area contributed by atoms with E-state index >= 15 is 0 Å². The van der Waals surface area contributed by atoms with Crippen LogP contribution < -0.4 is 5.32 Å². The van der Waals surface area contributed by atoms with Crippen LogP contribution in [0.25, 0.3) is 0 Å². The molecule has 2 saturated carbocycles. The van der Waals surface area contributed by atoms with E-state index < -0.39 is 0 Å². The van der Waals surface area contributed by atoms with Crippen molar-refractivity contribution in [3.63, 3.8) is 0 Å². The zero-order valence-corrected chi connectivity index (χ0v) is 10.3. The fourth-order valence-electron chi connectivity index (χ4n) is 3.46. The molecule has 0 saturated heterocycles. The second-order valence-electron chi connectivity index (χ2n) is 5.62. The number of hydrogen-bond donors (Lipinski definition) is 1. The first-order valence-corrected chi connectivity index (χ1v) is 6.60. The van der Waals surface area contributed by atoms with Crippen molar-refractivity contribution in [2.75, 3.05) is 0 Å². The maximum absolute atomic E-state index is 12.1. The Morgan fingerprint density at radius 2 is 2.18 bits per heavy atom. The van der Waals surface area contributed by atoms with Crippen LogP contribution in [0.1, 0.15) is 41.6 Å². The summed E-state index contributed by atoms with van der Waals surface area (Å²) in [6.07, 6.45) is 5.21. The molecule has 0 radical (unpaired) electrons. The largest absolute Gasteiger partial charge is 0.349 e. The third-order valence-corrected chi connectivity index (χ3v) is 4.33. The zero-order chi connectivity index (χ0) is 11.8. The number of rotatable bonds is 2. The second kappa shape index (κ2) is 4.17. The monoisotopic (exact) mass is 229 g/mol. The molecular formula is C15H19NO. The van der Waals surface area contributed by atoms with E-state index in [1.165, 1.54) is 25.7 Å². The highest BCUT2D eigenvalue weighted by Crippen LogP contribution is 2.44. The molecule has 1 N–H and O–H groups in total. The Labute approximate surface area is 102 Å². The molecular weight excluding hydrogens is 210 g/mol. The summed E-state index contributed by atoms with van der Waals surface area (Å²) in [6.45, 7) is 2.02. The van der Waals surface area contributed by atoms with Gasteiger partial charge in [-0.05, 0) is 50.2 Å². The second-order valence-corrected chi connectivity index (χ2v) is 5.62. The molecule has 0 heterocycles. The average Bonchev–Trinajstić information content (AvgIpc) is 2.91. The highest BCUT2D eigenvalue weighted by Gasteiger charge is 2.40. The van der Waals surface area contributed by atoms with Gasteiger partial charge in [0.05, 0.1) is 0 Å². The number of hydrogen-bond acceptors (Lipinski definition) is 1.